The average molecular weight is 277 g/mol. The van der Waals surface area contributed by atoms with Gasteiger partial charge in [-0.25, -0.2) is 4.98 Å². The number of benzene rings is 1. The van der Waals surface area contributed by atoms with Crippen molar-refractivity contribution in [3.05, 3.63) is 34.9 Å². The molecule has 1 aliphatic heterocycles. The third-order valence-electron chi connectivity index (χ3n) is 3.24. The number of carbonyl (C=O) groups is 1. The number of halogens is 1. The maximum Gasteiger partial charge on any atom is 0.153 e. The number of aromatic nitrogens is 1. The molecule has 5 heteroatoms. The SMILES string of the molecule is O=Cc1cc2cccc(Cl)c2nc1N1CCOCC1. The largest absolute Gasteiger partial charge is 0.378 e. The first-order chi connectivity index (χ1) is 9.29. The van der Waals surface area contributed by atoms with Gasteiger partial charge in [0.2, 0.25) is 0 Å². The third-order valence-corrected chi connectivity index (χ3v) is 3.55. The van der Waals surface area contributed by atoms with E-state index in [2.05, 4.69) is 9.88 Å². The summed E-state index contributed by atoms with van der Waals surface area (Å²) in [5.74, 6) is 0.693. The summed E-state index contributed by atoms with van der Waals surface area (Å²) in [5, 5.41) is 1.48. The number of hydrogen-bond donors (Lipinski definition) is 0. The Bertz CT molecular complexity index is 624. The zero-order valence-electron chi connectivity index (χ0n) is 10.3. The summed E-state index contributed by atoms with van der Waals surface area (Å²) >= 11 is 6.17. The molecule has 2 aromatic rings. The Labute approximate surface area is 115 Å². The van der Waals surface area contributed by atoms with Gasteiger partial charge < -0.3 is 9.64 Å². The number of para-hydroxylation sites is 1. The summed E-state index contributed by atoms with van der Waals surface area (Å²) < 4.78 is 5.32. The smallest absolute Gasteiger partial charge is 0.153 e. The monoisotopic (exact) mass is 276 g/mol. The standard InChI is InChI=1S/C14H13ClN2O2/c15-12-3-1-2-10-8-11(9-18)14(16-13(10)12)17-4-6-19-7-5-17/h1-3,8-9H,4-7H2. The molecule has 0 unspecified atom stereocenters. The van der Waals surface area contributed by atoms with Crippen LogP contribution < -0.4 is 4.90 Å². The molecule has 0 atom stereocenters. The van der Waals surface area contributed by atoms with E-state index in [-0.39, 0.29) is 0 Å². The number of morpholine rings is 1. The molecule has 0 amide bonds. The molecule has 1 aromatic carbocycles. The van der Waals surface area contributed by atoms with Gasteiger partial charge in [-0.15, -0.1) is 0 Å². The van der Waals surface area contributed by atoms with E-state index < -0.39 is 0 Å². The van der Waals surface area contributed by atoms with Crippen molar-refractivity contribution in [2.24, 2.45) is 0 Å². The van der Waals surface area contributed by atoms with Crippen molar-refractivity contribution in [2.75, 3.05) is 31.2 Å². The number of carbonyl (C=O) groups excluding carboxylic acids is 1. The molecule has 3 rings (SSSR count). The van der Waals surface area contributed by atoms with E-state index >= 15 is 0 Å². The van der Waals surface area contributed by atoms with E-state index in [1.807, 2.05) is 18.2 Å². The van der Waals surface area contributed by atoms with Crippen LogP contribution in [0, 0.1) is 0 Å². The van der Waals surface area contributed by atoms with E-state index in [0.717, 1.165) is 30.3 Å². The van der Waals surface area contributed by atoms with Crippen LogP contribution in [0.4, 0.5) is 5.82 Å². The minimum absolute atomic E-state index is 0.594. The first-order valence-electron chi connectivity index (χ1n) is 6.17. The predicted octanol–water partition coefficient (Wildman–Crippen LogP) is 2.54. The molecule has 98 valence electrons. The molecule has 0 aliphatic carbocycles. The van der Waals surface area contributed by atoms with E-state index in [1.165, 1.54) is 0 Å². The Kier molecular flexibility index (Phi) is 3.36. The lowest BCUT2D eigenvalue weighted by atomic mass is 10.1. The fourth-order valence-electron chi connectivity index (χ4n) is 2.28. The third kappa shape index (κ3) is 2.29. The molecule has 0 N–H and O–H groups in total. The fraction of sp³-hybridized carbons (Fsp3) is 0.286. The molecule has 1 saturated heterocycles. The molecule has 4 nitrogen and oxygen atoms in total. The van der Waals surface area contributed by atoms with Gasteiger partial charge in [-0.05, 0) is 12.1 Å². The molecule has 0 radical (unpaired) electrons. The van der Waals surface area contributed by atoms with Gasteiger partial charge in [0.1, 0.15) is 5.82 Å². The Balaban J connectivity index is 2.15. The second kappa shape index (κ2) is 5.15. The van der Waals surface area contributed by atoms with Crippen LogP contribution in [-0.2, 0) is 4.74 Å². The van der Waals surface area contributed by atoms with Crippen LogP contribution in [0.15, 0.2) is 24.3 Å². The molecule has 19 heavy (non-hydrogen) atoms. The highest BCUT2D eigenvalue weighted by molar-refractivity contribution is 6.35. The Morgan fingerprint density at radius 1 is 1.32 bits per heavy atom. The molecule has 0 bridgehead atoms. The number of aldehydes is 1. The lowest BCUT2D eigenvalue weighted by Crippen LogP contribution is -2.37. The van der Waals surface area contributed by atoms with Crippen LogP contribution in [0.2, 0.25) is 5.02 Å². The molecule has 1 aromatic heterocycles. The van der Waals surface area contributed by atoms with E-state index in [4.69, 9.17) is 16.3 Å². The first-order valence-corrected chi connectivity index (χ1v) is 6.54. The second-order valence-electron chi connectivity index (χ2n) is 4.43. The maximum absolute atomic E-state index is 11.3. The van der Waals surface area contributed by atoms with E-state index in [0.29, 0.717) is 29.6 Å². The number of nitrogens with zero attached hydrogens (tertiary/aromatic N) is 2. The highest BCUT2D eigenvalue weighted by Gasteiger charge is 2.17. The van der Waals surface area contributed by atoms with Crippen molar-refractivity contribution in [3.63, 3.8) is 0 Å². The summed E-state index contributed by atoms with van der Waals surface area (Å²) in [6.45, 7) is 2.79. The van der Waals surface area contributed by atoms with Gasteiger partial charge >= 0.3 is 0 Å². The summed E-state index contributed by atoms with van der Waals surface area (Å²) in [6, 6.07) is 7.41. The minimum atomic E-state index is 0.594. The van der Waals surface area contributed by atoms with Crippen LogP contribution in [0.5, 0.6) is 0 Å². The summed E-state index contributed by atoms with van der Waals surface area (Å²) in [7, 11) is 0. The summed E-state index contributed by atoms with van der Waals surface area (Å²) in [4.78, 5) is 17.9. The van der Waals surface area contributed by atoms with Gasteiger partial charge in [-0.1, -0.05) is 23.7 Å². The molecular formula is C14H13ClN2O2. The Hall–Kier alpha value is -1.65. The lowest BCUT2D eigenvalue weighted by molar-refractivity contribution is 0.111. The van der Waals surface area contributed by atoms with E-state index in [9.17, 15) is 4.79 Å². The number of fused-ring (bicyclic) bond motifs is 1. The first kappa shape index (κ1) is 12.4. The molecule has 1 aliphatic rings. The van der Waals surface area contributed by atoms with Crippen LogP contribution >= 0.6 is 11.6 Å². The van der Waals surface area contributed by atoms with Crippen LogP contribution in [-0.4, -0.2) is 37.6 Å². The van der Waals surface area contributed by atoms with Gasteiger partial charge in [-0.2, -0.15) is 0 Å². The van der Waals surface area contributed by atoms with Crippen molar-refractivity contribution >= 4 is 34.6 Å². The summed E-state index contributed by atoms with van der Waals surface area (Å²) in [5.41, 5.74) is 1.33. The summed E-state index contributed by atoms with van der Waals surface area (Å²) in [6.07, 6.45) is 0.845. The normalized spacial score (nSPS) is 15.7. The van der Waals surface area contributed by atoms with Crippen molar-refractivity contribution in [2.45, 2.75) is 0 Å². The molecule has 0 spiro atoms. The number of pyridine rings is 1. The van der Waals surface area contributed by atoms with Gasteiger partial charge in [0.05, 0.1) is 29.3 Å². The Morgan fingerprint density at radius 3 is 2.84 bits per heavy atom. The number of rotatable bonds is 2. The van der Waals surface area contributed by atoms with Crippen LogP contribution in [0.3, 0.4) is 0 Å². The molecule has 1 fully saturated rings. The second-order valence-corrected chi connectivity index (χ2v) is 4.84. The van der Waals surface area contributed by atoms with Crippen LogP contribution in [0.1, 0.15) is 10.4 Å². The highest BCUT2D eigenvalue weighted by Crippen LogP contribution is 2.27. The lowest BCUT2D eigenvalue weighted by Gasteiger charge is -2.29. The molecule has 0 saturated carbocycles. The highest BCUT2D eigenvalue weighted by atomic mass is 35.5. The van der Waals surface area contributed by atoms with Gasteiger partial charge in [0.15, 0.2) is 6.29 Å². The van der Waals surface area contributed by atoms with Gasteiger partial charge in [0.25, 0.3) is 0 Å². The Morgan fingerprint density at radius 2 is 2.11 bits per heavy atom. The van der Waals surface area contributed by atoms with Gasteiger partial charge in [-0.3, -0.25) is 4.79 Å². The quantitative estimate of drug-likeness (QED) is 0.791. The van der Waals surface area contributed by atoms with Crippen molar-refractivity contribution < 1.29 is 9.53 Å². The number of anilines is 1. The van der Waals surface area contributed by atoms with Crippen molar-refractivity contribution in [3.8, 4) is 0 Å². The van der Waals surface area contributed by atoms with Crippen LogP contribution in [0.25, 0.3) is 10.9 Å². The average Bonchev–Trinajstić information content (AvgIpc) is 2.47. The minimum Gasteiger partial charge on any atom is -0.378 e. The number of ether oxygens (including phenoxy) is 1. The van der Waals surface area contributed by atoms with Gasteiger partial charge in [0, 0.05) is 18.5 Å². The fourth-order valence-corrected chi connectivity index (χ4v) is 2.51. The zero-order valence-corrected chi connectivity index (χ0v) is 11.1. The molecule has 2 heterocycles. The predicted molar refractivity (Wildman–Crippen MR) is 75.2 cm³/mol. The topological polar surface area (TPSA) is 42.4 Å². The maximum atomic E-state index is 11.3. The number of hydrogen-bond acceptors (Lipinski definition) is 4. The van der Waals surface area contributed by atoms with E-state index in [1.54, 1.807) is 6.07 Å². The zero-order chi connectivity index (χ0) is 13.2. The molecular weight excluding hydrogens is 264 g/mol. The van der Waals surface area contributed by atoms with Crippen molar-refractivity contribution in [1.29, 1.82) is 0 Å². The van der Waals surface area contributed by atoms with Crippen molar-refractivity contribution in [1.82, 2.24) is 4.98 Å².